The number of hydrogen-bond donors (Lipinski definition) is 0. The van der Waals surface area contributed by atoms with Crippen LogP contribution < -0.4 is 4.90 Å². The van der Waals surface area contributed by atoms with Crippen molar-refractivity contribution in [3.8, 4) is 0 Å². The fourth-order valence-electron chi connectivity index (χ4n) is 3.56. The highest BCUT2D eigenvalue weighted by Crippen LogP contribution is 2.33. The first kappa shape index (κ1) is 16.9. The van der Waals surface area contributed by atoms with E-state index in [4.69, 9.17) is 0 Å². The molecule has 0 aliphatic carbocycles. The van der Waals surface area contributed by atoms with E-state index < -0.39 is 9.84 Å². The molecule has 3 atom stereocenters. The summed E-state index contributed by atoms with van der Waals surface area (Å²) in [4.78, 5) is 16.5. The topological polar surface area (TPSA) is 57.7 Å². The summed E-state index contributed by atoms with van der Waals surface area (Å²) in [5.41, 5.74) is 0.772. The van der Waals surface area contributed by atoms with Crippen molar-refractivity contribution < 1.29 is 13.2 Å². The lowest BCUT2D eigenvalue weighted by Gasteiger charge is -2.45. The number of amides is 1. The van der Waals surface area contributed by atoms with E-state index in [0.717, 1.165) is 16.6 Å². The molecule has 3 rings (SSSR count). The third-order valence-electron chi connectivity index (χ3n) is 4.90. The average Bonchev–Trinajstić information content (AvgIpc) is 2.82. The van der Waals surface area contributed by atoms with Gasteiger partial charge in [0.1, 0.15) is 0 Å². The maximum absolute atomic E-state index is 12.7. The Morgan fingerprint density at radius 3 is 2.43 bits per heavy atom. The molecule has 2 aliphatic heterocycles. The molecule has 126 valence electrons. The lowest BCUT2D eigenvalue weighted by Crippen LogP contribution is -2.63. The highest BCUT2D eigenvalue weighted by Gasteiger charge is 2.50. The Balaban J connectivity index is 1.99. The van der Waals surface area contributed by atoms with Gasteiger partial charge in [-0.1, -0.05) is 22.9 Å². The van der Waals surface area contributed by atoms with Gasteiger partial charge in [-0.2, -0.15) is 0 Å². The third kappa shape index (κ3) is 3.19. The molecule has 2 heterocycles. The van der Waals surface area contributed by atoms with Gasteiger partial charge in [0.2, 0.25) is 5.91 Å². The number of nitrogens with zero attached hydrogens (tertiary/aromatic N) is 2. The Hall–Kier alpha value is -0.920. The first-order chi connectivity index (χ1) is 10.8. The molecular formula is C16H21BrN2O3S. The Labute approximate surface area is 145 Å². The number of benzene rings is 1. The van der Waals surface area contributed by atoms with Crippen molar-refractivity contribution in [2.24, 2.45) is 0 Å². The molecule has 7 heteroatoms. The van der Waals surface area contributed by atoms with Crippen LogP contribution in [0.2, 0.25) is 0 Å². The fourth-order valence-corrected chi connectivity index (χ4v) is 5.79. The molecule has 1 aromatic rings. The van der Waals surface area contributed by atoms with Gasteiger partial charge >= 0.3 is 0 Å². The van der Waals surface area contributed by atoms with E-state index in [1.807, 2.05) is 24.3 Å². The highest BCUT2D eigenvalue weighted by atomic mass is 79.9. The second kappa shape index (κ2) is 6.18. The van der Waals surface area contributed by atoms with E-state index in [9.17, 15) is 13.2 Å². The van der Waals surface area contributed by atoms with Gasteiger partial charge in [-0.05, 0) is 37.6 Å². The monoisotopic (exact) mass is 400 g/mol. The molecule has 0 unspecified atom stereocenters. The minimum atomic E-state index is -3.12. The third-order valence-corrected chi connectivity index (χ3v) is 7.13. The molecule has 5 nitrogen and oxygen atoms in total. The van der Waals surface area contributed by atoms with Gasteiger partial charge in [0.05, 0.1) is 24.1 Å². The molecular weight excluding hydrogens is 380 g/mol. The predicted molar refractivity (Wildman–Crippen MR) is 94.3 cm³/mol. The molecule has 2 fully saturated rings. The lowest BCUT2D eigenvalue weighted by atomic mass is 10.0. The highest BCUT2D eigenvalue weighted by molar-refractivity contribution is 9.10. The molecule has 0 N–H and O–H groups in total. The molecule has 0 spiro atoms. The Kier molecular flexibility index (Phi) is 4.55. The standard InChI is InChI=1S/C16H21BrN2O3S/c1-3-11(2)18-8-16(20)19(13-6-4-12(17)5-7-13)15-10-23(21,22)9-14(15)18/h4-7,11,14-15H,3,8-10H2,1-2H3/t11-,14-,15+/m0/s1. The summed E-state index contributed by atoms with van der Waals surface area (Å²) in [5.74, 6) is 0.167. The van der Waals surface area contributed by atoms with Gasteiger partial charge in [-0.15, -0.1) is 0 Å². The number of halogens is 1. The Morgan fingerprint density at radius 2 is 1.83 bits per heavy atom. The van der Waals surface area contributed by atoms with Crippen molar-refractivity contribution in [1.82, 2.24) is 4.90 Å². The zero-order valence-electron chi connectivity index (χ0n) is 13.3. The second-order valence-corrected chi connectivity index (χ2v) is 9.45. The van der Waals surface area contributed by atoms with E-state index in [0.29, 0.717) is 0 Å². The van der Waals surface area contributed by atoms with Crippen LogP contribution in [0.4, 0.5) is 5.69 Å². The average molecular weight is 401 g/mol. The van der Waals surface area contributed by atoms with Crippen LogP contribution in [0.1, 0.15) is 20.3 Å². The maximum Gasteiger partial charge on any atom is 0.241 e. The van der Waals surface area contributed by atoms with Crippen molar-refractivity contribution in [3.63, 3.8) is 0 Å². The molecule has 23 heavy (non-hydrogen) atoms. The number of anilines is 1. The van der Waals surface area contributed by atoms with E-state index in [1.54, 1.807) is 4.90 Å². The number of carbonyl (C=O) groups is 1. The molecule has 0 radical (unpaired) electrons. The van der Waals surface area contributed by atoms with Crippen LogP contribution in [0.25, 0.3) is 0 Å². The quantitative estimate of drug-likeness (QED) is 0.778. The van der Waals surface area contributed by atoms with Gasteiger partial charge in [0.15, 0.2) is 9.84 Å². The van der Waals surface area contributed by atoms with Crippen molar-refractivity contribution in [1.29, 1.82) is 0 Å². The first-order valence-electron chi connectivity index (χ1n) is 7.86. The summed E-state index contributed by atoms with van der Waals surface area (Å²) >= 11 is 3.39. The molecule has 0 bridgehead atoms. The van der Waals surface area contributed by atoms with Crippen LogP contribution in [0.15, 0.2) is 28.7 Å². The smallest absolute Gasteiger partial charge is 0.241 e. The number of piperazine rings is 1. The van der Waals surface area contributed by atoms with Crippen molar-refractivity contribution >= 4 is 37.4 Å². The van der Waals surface area contributed by atoms with Gasteiger partial charge in [0, 0.05) is 22.2 Å². The SMILES string of the molecule is CC[C@H](C)N1CC(=O)N(c2ccc(Br)cc2)[C@@H]2CS(=O)(=O)C[C@@H]21. The van der Waals surface area contributed by atoms with Gasteiger partial charge in [0.25, 0.3) is 0 Å². The predicted octanol–water partition coefficient (Wildman–Crippen LogP) is 2.06. The normalized spacial score (nSPS) is 28.7. The summed E-state index contributed by atoms with van der Waals surface area (Å²) in [6.07, 6.45) is 0.898. The summed E-state index contributed by atoms with van der Waals surface area (Å²) in [6, 6.07) is 7.27. The number of sulfone groups is 1. The first-order valence-corrected chi connectivity index (χ1v) is 10.5. The Morgan fingerprint density at radius 1 is 1.22 bits per heavy atom. The molecule has 0 aromatic heterocycles. The minimum Gasteiger partial charge on any atom is -0.306 e. The lowest BCUT2D eigenvalue weighted by molar-refractivity contribution is -0.124. The van der Waals surface area contributed by atoms with Crippen molar-refractivity contribution in [3.05, 3.63) is 28.7 Å². The summed E-state index contributed by atoms with van der Waals surface area (Å²) < 4.78 is 25.4. The molecule has 1 aromatic carbocycles. The zero-order chi connectivity index (χ0) is 16.8. The number of hydrogen-bond acceptors (Lipinski definition) is 4. The van der Waals surface area contributed by atoms with Crippen LogP contribution in [0.3, 0.4) is 0 Å². The van der Waals surface area contributed by atoms with Crippen LogP contribution >= 0.6 is 15.9 Å². The second-order valence-electron chi connectivity index (χ2n) is 6.38. The van der Waals surface area contributed by atoms with Crippen LogP contribution in [0, 0.1) is 0 Å². The largest absolute Gasteiger partial charge is 0.306 e. The van der Waals surface area contributed by atoms with Gasteiger partial charge in [-0.3, -0.25) is 9.69 Å². The molecule has 0 saturated carbocycles. The van der Waals surface area contributed by atoms with Crippen LogP contribution in [-0.4, -0.2) is 55.4 Å². The van der Waals surface area contributed by atoms with Crippen molar-refractivity contribution in [2.45, 2.75) is 38.4 Å². The van der Waals surface area contributed by atoms with E-state index >= 15 is 0 Å². The molecule has 2 aliphatic rings. The van der Waals surface area contributed by atoms with Crippen LogP contribution in [-0.2, 0) is 14.6 Å². The van der Waals surface area contributed by atoms with Crippen LogP contribution in [0.5, 0.6) is 0 Å². The molecule has 1 amide bonds. The van der Waals surface area contributed by atoms with E-state index in [1.165, 1.54) is 0 Å². The van der Waals surface area contributed by atoms with Gasteiger partial charge in [-0.25, -0.2) is 8.42 Å². The molecule has 2 saturated heterocycles. The minimum absolute atomic E-state index is 0.0222. The fraction of sp³-hybridized carbons (Fsp3) is 0.562. The van der Waals surface area contributed by atoms with Gasteiger partial charge < -0.3 is 4.90 Å². The number of carbonyl (C=O) groups excluding carboxylic acids is 1. The Bertz CT molecular complexity index is 705. The summed E-state index contributed by atoms with van der Waals surface area (Å²) in [7, 11) is -3.12. The summed E-state index contributed by atoms with van der Waals surface area (Å²) in [6.45, 7) is 4.40. The maximum atomic E-state index is 12.7. The number of rotatable bonds is 3. The zero-order valence-corrected chi connectivity index (χ0v) is 15.7. The number of fused-ring (bicyclic) bond motifs is 1. The van der Waals surface area contributed by atoms with Crippen molar-refractivity contribution in [2.75, 3.05) is 23.0 Å². The van der Waals surface area contributed by atoms with E-state index in [2.05, 4.69) is 34.7 Å². The van der Waals surface area contributed by atoms with E-state index in [-0.39, 0.29) is 42.1 Å². The summed E-state index contributed by atoms with van der Waals surface area (Å²) in [5, 5.41) is 0.